The van der Waals surface area contributed by atoms with Gasteiger partial charge in [0.2, 0.25) is 5.83 Å². The lowest BCUT2D eigenvalue weighted by molar-refractivity contribution is -0.356. The lowest BCUT2D eigenvalue weighted by Gasteiger charge is -2.34. The molecule has 204 valence electrons. The van der Waals surface area contributed by atoms with Gasteiger partial charge in [0.05, 0.1) is 6.61 Å². The highest BCUT2D eigenvalue weighted by atomic mass is 32.2. The van der Waals surface area contributed by atoms with Crippen molar-refractivity contribution in [2.24, 2.45) is 0 Å². The first-order valence-electron chi connectivity index (χ1n) is 10.0. The first kappa shape index (κ1) is 31.0. The van der Waals surface area contributed by atoms with E-state index in [2.05, 4.69) is 16.1 Å². The third-order valence-electron chi connectivity index (χ3n) is 4.87. The predicted molar refractivity (Wildman–Crippen MR) is 99.3 cm³/mol. The van der Waals surface area contributed by atoms with Gasteiger partial charge in [-0.2, -0.15) is 43.5 Å². The van der Waals surface area contributed by atoms with Gasteiger partial charge >= 0.3 is 45.2 Å². The molecule has 0 aromatic heterocycles. The van der Waals surface area contributed by atoms with Crippen LogP contribution in [0.15, 0.2) is 12.4 Å². The monoisotopic (exact) mass is 550 g/mol. The fourth-order valence-corrected chi connectivity index (χ4v) is 3.46. The van der Waals surface area contributed by atoms with Gasteiger partial charge in [-0.05, 0) is 38.5 Å². The van der Waals surface area contributed by atoms with Crippen LogP contribution < -0.4 is 0 Å². The van der Waals surface area contributed by atoms with Crippen LogP contribution in [-0.2, 0) is 33.9 Å². The van der Waals surface area contributed by atoms with Crippen molar-refractivity contribution in [1.29, 1.82) is 0 Å². The summed E-state index contributed by atoms with van der Waals surface area (Å²) in [5.41, 5.74) is 0. The minimum absolute atomic E-state index is 0.167. The molecule has 0 heterocycles. The molecule has 0 radical (unpaired) electrons. The zero-order chi connectivity index (χ0) is 27.3. The SMILES string of the molecule is C=C(F)C(=O)OC(OCCCCC(F)(F)C(F)(F)S(=O)(=O)O)(C(=O)OC1CCCCC1)C(F)(F)F. The number of carbonyl (C=O) groups excluding carboxylic acids is 2. The minimum Gasteiger partial charge on any atom is -0.457 e. The van der Waals surface area contributed by atoms with E-state index in [4.69, 9.17) is 9.29 Å². The molecule has 0 aliphatic heterocycles. The predicted octanol–water partition coefficient (Wildman–Crippen LogP) is 4.45. The van der Waals surface area contributed by atoms with E-state index in [1.54, 1.807) is 0 Å². The van der Waals surface area contributed by atoms with Crippen molar-refractivity contribution in [3.63, 3.8) is 0 Å². The zero-order valence-corrected chi connectivity index (χ0v) is 18.7. The number of hydrogen-bond acceptors (Lipinski definition) is 7. The number of unbranched alkanes of at least 4 members (excludes halogenated alkanes) is 1. The van der Waals surface area contributed by atoms with Crippen LogP contribution in [-0.4, -0.2) is 60.8 Å². The average Bonchev–Trinajstić information content (AvgIpc) is 2.71. The maximum atomic E-state index is 13.8. The summed E-state index contributed by atoms with van der Waals surface area (Å²) in [5, 5.41) is -5.89. The smallest absolute Gasteiger partial charge is 0.457 e. The van der Waals surface area contributed by atoms with Crippen LogP contribution >= 0.6 is 0 Å². The first-order chi connectivity index (χ1) is 15.8. The van der Waals surface area contributed by atoms with Gasteiger partial charge in [0.1, 0.15) is 6.10 Å². The Morgan fingerprint density at radius 2 is 1.51 bits per heavy atom. The molecule has 1 rings (SSSR count). The van der Waals surface area contributed by atoms with E-state index in [9.17, 15) is 53.1 Å². The maximum absolute atomic E-state index is 13.8. The molecule has 1 unspecified atom stereocenters. The van der Waals surface area contributed by atoms with Crippen molar-refractivity contribution in [3.05, 3.63) is 12.4 Å². The number of halogens is 8. The third-order valence-corrected chi connectivity index (χ3v) is 5.81. The van der Waals surface area contributed by atoms with Gasteiger partial charge in [0.25, 0.3) is 0 Å². The van der Waals surface area contributed by atoms with Crippen molar-refractivity contribution in [3.8, 4) is 0 Å². The summed E-state index contributed by atoms with van der Waals surface area (Å²) in [7, 11) is -6.52. The van der Waals surface area contributed by atoms with Crippen molar-refractivity contribution in [2.45, 2.75) is 80.6 Å². The van der Waals surface area contributed by atoms with Gasteiger partial charge in [-0.25, -0.2) is 9.59 Å². The number of hydrogen-bond donors (Lipinski definition) is 1. The summed E-state index contributed by atoms with van der Waals surface area (Å²) in [6.45, 7) is 1.10. The normalized spacial score (nSPS) is 18.0. The van der Waals surface area contributed by atoms with E-state index in [1.807, 2.05) is 0 Å². The van der Waals surface area contributed by atoms with Crippen LogP contribution in [0.4, 0.5) is 35.1 Å². The topological polar surface area (TPSA) is 116 Å². The Balaban J connectivity index is 3.02. The fraction of sp³-hybridized carbons (Fsp3) is 0.778. The Hall–Kier alpha value is -2.01. The molecule has 1 aliphatic carbocycles. The largest absolute Gasteiger partial charge is 0.468 e. The van der Waals surface area contributed by atoms with E-state index in [0.29, 0.717) is 19.3 Å². The molecule has 35 heavy (non-hydrogen) atoms. The molecule has 0 bridgehead atoms. The zero-order valence-electron chi connectivity index (χ0n) is 17.9. The van der Waals surface area contributed by atoms with Crippen molar-refractivity contribution in [1.82, 2.24) is 0 Å². The molecule has 0 spiro atoms. The molecule has 0 amide bonds. The van der Waals surface area contributed by atoms with Crippen LogP contribution in [0.1, 0.15) is 51.4 Å². The molecule has 1 saturated carbocycles. The lowest BCUT2D eigenvalue weighted by Crippen LogP contribution is -2.59. The van der Waals surface area contributed by atoms with Gasteiger partial charge in [-0.1, -0.05) is 13.0 Å². The highest BCUT2D eigenvalue weighted by Crippen LogP contribution is 2.42. The molecule has 1 atom stereocenters. The molecule has 0 aromatic rings. The molecule has 17 heteroatoms. The number of alkyl halides is 7. The second kappa shape index (κ2) is 11.4. The Bertz CT molecular complexity index is 883. The van der Waals surface area contributed by atoms with E-state index < -0.39 is 83.0 Å². The van der Waals surface area contributed by atoms with E-state index in [-0.39, 0.29) is 12.8 Å². The fourth-order valence-electron chi connectivity index (χ4n) is 2.98. The van der Waals surface area contributed by atoms with Gasteiger partial charge in [0, 0.05) is 6.42 Å². The van der Waals surface area contributed by atoms with Crippen LogP contribution in [0.25, 0.3) is 0 Å². The van der Waals surface area contributed by atoms with Gasteiger partial charge < -0.3 is 14.2 Å². The van der Waals surface area contributed by atoms with Crippen LogP contribution in [0, 0.1) is 0 Å². The van der Waals surface area contributed by atoms with Crippen LogP contribution in [0.3, 0.4) is 0 Å². The van der Waals surface area contributed by atoms with Gasteiger partial charge in [-0.15, -0.1) is 0 Å². The van der Waals surface area contributed by atoms with Crippen LogP contribution in [0.2, 0.25) is 0 Å². The molecule has 1 N–H and O–H groups in total. The van der Waals surface area contributed by atoms with E-state index >= 15 is 0 Å². The molecule has 1 fully saturated rings. The van der Waals surface area contributed by atoms with E-state index in [0.717, 1.165) is 0 Å². The number of rotatable bonds is 12. The first-order valence-corrected chi connectivity index (χ1v) is 11.4. The molecular weight excluding hydrogens is 528 g/mol. The number of esters is 2. The summed E-state index contributed by atoms with van der Waals surface area (Å²) in [6, 6.07) is 0. The van der Waals surface area contributed by atoms with Crippen molar-refractivity contribution < 1.29 is 71.9 Å². The highest BCUT2D eigenvalue weighted by molar-refractivity contribution is 7.87. The second-order valence-corrected chi connectivity index (χ2v) is 9.04. The Kier molecular flexibility index (Phi) is 10.1. The standard InChI is InChI=1S/C18H22F8O8S/c1-11(19)13(27)34-16(17(22,23)24,14(28)33-12-7-3-2-4-8-12)32-10-6-5-9-15(20,21)18(25,26)35(29,30)31/h12H,1-10H2,(H,29,30,31). The molecular formula is C18H22F8O8S. The summed E-state index contributed by atoms with van der Waals surface area (Å²) >= 11 is 0. The second-order valence-electron chi connectivity index (χ2n) is 7.58. The maximum Gasteiger partial charge on any atom is 0.468 e. The molecule has 8 nitrogen and oxygen atoms in total. The van der Waals surface area contributed by atoms with Crippen molar-refractivity contribution in [2.75, 3.05) is 6.61 Å². The van der Waals surface area contributed by atoms with Crippen molar-refractivity contribution >= 4 is 22.1 Å². The number of carbonyl (C=O) groups is 2. The van der Waals surface area contributed by atoms with Gasteiger partial charge in [-0.3, -0.25) is 4.55 Å². The summed E-state index contributed by atoms with van der Waals surface area (Å²) in [4.78, 5) is 23.9. The van der Waals surface area contributed by atoms with E-state index in [1.165, 1.54) is 0 Å². The number of ether oxygens (including phenoxy) is 3. The quantitative estimate of drug-likeness (QED) is 0.0947. The summed E-state index contributed by atoms with van der Waals surface area (Å²) in [6.07, 6.45) is -8.80. The molecule has 0 aromatic carbocycles. The van der Waals surface area contributed by atoms with Gasteiger partial charge in [0.15, 0.2) is 0 Å². The highest BCUT2D eigenvalue weighted by Gasteiger charge is 2.68. The Labute approximate surface area is 194 Å². The molecule has 1 aliphatic rings. The summed E-state index contributed by atoms with van der Waals surface area (Å²) < 4.78 is 150. The minimum atomic E-state index is -6.52. The third kappa shape index (κ3) is 7.49. The Morgan fingerprint density at radius 1 is 0.971 bits per heavy atom. The summed E-state index contributed by atoms with van der Waals surface area (Å²) in [5.74, 6) is -16.5. The molecule has 0 saturated heterocycles. The Morgan fingerprint density at radius 3 is 1.97 bits per heavy atom. The lowest BCUT2D eigenvalue weighted by atomic mass is 9.98. The average molecular weight is 550 g/mol. The van der Waals surface area contributed by atoms with Crippen LogP contribution in [0.5, 0.6) is 0 Å².